The molecule has 216 valence electrons. The fourth-order valence-electron chi connectivity index (χ4n) is 5.32. The lowest BCUT2D eigenvalue weighted by Crippen LogP contribution is -1.97. The van der Waals surface area contributed by atoms with Crippen molar-refractivity contribution in [1.29, 1.82) is 0 Å². The highest BCUT2D eigenvalue weighted by Gasteiger charge is 2.18. The first-order chi connectivity index (χ1) is 19.3. The molecule has 4 heteroatoms. The van der Waals surface area contributed by atoms with Crippen LogP contribution >= 0.6 is 0 Å². The van der Waals surface area contributed by atoms with E-state index in [1.54, 1.807) is 0 Å². The topological polar surface area (TPSA) is 53.2 Å². The van der Waals surface area contributed by atoms with Gasteiger partial charge < -0.3 is 14.7 Å². The predicted octanol–water partition coefficient (Wildman–Crippen LogP) is 10.7. The van der Waals surface area contributed by atoms with Crippen LogP contribution in [0.1, 0.15) is 147 Å². The Labute approximate surface area is 238 Å². The standard InChI is InChI=1S/C35H55N3O/c1-3-5-7-9-11-13-15-17-19-22-30-24-25-31(37-30)28-34-35(29-33(38-34)32-23-21-26-36-32)39-27-20-18-16-14-12-10-8-6-4-2/h21,23-26,28-29,36-37H,3-20,22,27H2,1-2H3. The van der Waals surface area contributed by atoms with Gasteiger partial charge in [0.1, 0.15) is 11.5 Å². The van der Waals surface area contributed by atoms with E-state index in [0.29, 0.717) is 0 Å². The van der Waals surface area contributed by atoms with Gasteiger partial charge in [-0.2, -0.15) is 0 Å². The maximum atomic E-state index is 6.27. The van der Waals surface area contributed by atoms with Gasteiger partial charge in [-0.3, -0.25) is 0 Å². The summed E-state index contributed by atoms with van der Waals surface area (Å²) in [4.78, 5) is 11.8. The van der Waals surface area contributed by atoms with E-state index in [4.69, 9.17) is 9.73 Å². The van der Waals surface area contributed by atoms with E-state index < -0.39 is 0 Å². The highest BCUT2D eigenvalue weighted by atomic mass is 16.5. The first-order valence-electron chi connectivity index (χ1n) is 16.3. The Balaban J connectivity index is 1.42. The smallest absolute Gasteiger partial charge is 0.147 e. The zero-order valence-electron chi connectivity index (χ0n) is 25.0. The molecule has 0 radical (unpaired) electrons. The van der Waals surface area contributed by atoms with Crippen molar-refractivity contribution in [2.45, 2.75) is 136 Å². The molecule has 4 nitrogen and oxygen atoms in total. The van der Waals surface area contributed by atoms with Gasteiger partial charge in [0.15, 0.2) is 0 Å². The Bertz CT molecular complexity index is 979. The van der Waals surface area contributed by atoms with Crippen molar-refractivity contribution >= 4 is 11.8 Å². The monoisotopic (exact) mass is 533 g/mol. The number of allylic oxidation sites excluding steroid dienone is 1. The number of hydrogen-bond acceptors (Lipinski definition) is 2. The maximum Gasteiger partial charge on any atom is 0.147 e. The van der Waals surface area contributed by atoms with Crippen molar-refractivity contribution in [1.82, 2.24) is 9.97 Å². The zero-order valence-corrected chi connectivity index (χ0v) is 25.0. The molecular formula is C35H55N3O. The van der Waals surface area contributed by atoms with Gasteiger partial charge >= 0.3 is 0 Å². The van der Waals surface area contributed by atoms with Crippen molar-refractivity contribution in [2.75, 3.05) is 6.61 Å². The molecular weight excluding hydrogens is 478 g/mol. The lowest BCUT2D eigenvalue weighted by Gasteiger charge is -2.08. The molecule has 3 rings (SSSR count). The number of rotatable bonds is 23. The van der Waals surface area contributed by atoms with Crippen LogP contribution in [-0.2, 0) is 11.2 Å². The normalized spacial score (nSPS) is 14.3. The highest BCUT2D eigenvalue weighted by Crippen LogP contribution is 2.26. The molecule has 0 aromatic carbocycles. The number of nitrogens with zero attached hydrogens (tertiary/aromatic N) is 1. The van der Waals surface area contributed by atoms with Gasteiger partial charge in [-0.1, -0.05) is 117 Å². The average Bonchev–Trinajstić information content (AvgIpc) is 3.71. The fraction of sp³-hybridized carbons (Fsp3) is 0.629. The molecule has 0 aliphatic carbocycles. The van der Waals surface area contributed by atoms with E-state index in [1.165, 1.54) is 115 Å². The Morgan fingerprint density at radius 3 is 1.95 bits per heavy atom. The number of aryl methyl sites for hydroxylation is 1. The van der Waals surface area contributed by atoms with Crippen LogP contribution in [0.5, 0.6) is 0 Å². The second kappa shape index (κ2) is 19.6. The Morgan fingerprint density at radius 1 is 0.718 bits per heavy atom. The summed E-state index contributed by atoms with van der Waals surface area (Å²) in [6.07, 6.45) is 31.5. The molecule has 39 heavy (non-hydrogen) atoms. The number of aromatic amines is 2. The number of ether oxygens (including phenoxy) is 1. The molecule has 0 atom stereocenters. The van der Waals surface area contributed by atoms with E-state index >= 15 is 0 Å². The third-order valence-corrected chi connectivity index (χ3v) is 7.75. The van der Waals surface area contributed by atoms with Gasteiger partial charge in [0.05, 0.1) is 18.0 Å². The molecule has 0 fully saturated rings. The number of hydrogen-bond donors (Lipinski definition) is 2. The lowest BCUT2D eigenvalue weighted by molar-refractivity contribution is 0.214. The molecule has 0 saturated heterocycles. The first-order valence-corrected chi connectivity index (χ1v) is 16.3. The summed E-state index contributed by atoms with van der Waals surface area (Å²) in [6, 6.07) is 8.48. The highest BCUT2D eigenvalue weighted by molar-refractivity contribution is 6.11. The third-order valence-electron chi connectivity index (χ3n) is 7.75. The van der Waals surface area contributed by atoms with Crippen LogP contribution in [-0.4, -0.2) is 22.3 Å². The van der Waals surface area contributed by atoms with Gasteiger partial charge in [-0.15, -0.1) is 0 Å². The summed E-state index contributed by atoms with van der Waals surface area (Å²) in [5, 5.41) is 0. The molecule has 0 unspecified atom stereocenters. The van der Waals surface area contributed by atoms with Gasteiger partial charge in [-0.25, -0.2) is 4.99 Å². The minimum atomic E-state index is 0.751. The molecule has 1 aliphatic rings. The lowest BCUT2D eigenvalue weighted by atomic mass is 10.1. The van der Waals surface area contributed by atoms with Crippen molar-refractivity contribution in [3.8, 4) is 0 Å². The van der Waals surface area contributed by atoms with Gasteiger partial charge in [0.25, 0.3) is 0 Å². The molecule has 0 spiro atoms. The summed E-state index contributed by atoms with van der Waals surface area (Å²) in [7, 11) is 0. The van der Waals surface area contributed by atoms with Crippen LogP contribution in [0.15, 0.2) is 53.0 Å². The van der Waals surface area contributed by atoms with E-state index in [2.05, 4.69) is 54.2 Å². The van der Waals surface area contributed by atoms with Crippen molar-refractivity contribution in [2.24, 2.45) is 4.99 Å². The minimum Gasteiger partial charge on any atom is -0.491 e. The Morgan fingerprint density at radius 2 is 1.33 bits per heavy atom. The Hall–Kier alpha value is -2.49. The SMILES string of the molecule is CCCCCCCCCCCOC1=CC(c2ccc[nH]2)=NC1=Cc1ccc(CCCCCCCCCCC)[nH]1. The fourth-order valence-corrected chi connectivity index (χ4v) is 5.32. The molecule has 2 aromatic heterocycles. The zero-order chi connectivity index (χ0) is 27.4. The van der Waals surface area contributed by atoms with E-state index in [0.717, 1.165) is 48.0 Å². The number of aliphatic imine (C=N–C) groups is 1. The Kier molecular flexibility index (Phi) is 15.6. The van der Waals surface area contributed by atoms with Crippen LogP contribution < -0.4 is 0 Å². The second-order valence-electron chi connectivity index (χ2n) is 11.3. The first kappa shape index (κ1) is 31.0. The summed E-state index contributed by atoms with van der Waals surface area (Å²) >= 11 is 0. The molecule has 0 saturated carbocycles. The number of nitrogens with one attached hydrogen (secondary N) is 2. The van der Waals surface area contributed by atoms with Crippen molar-refractivity contribution in [3.63, 3.8) is 0 Å². The number of aromatic nitrogens is 2. The second-order valence-corrected chi connectivity index (χ2v) is 11.3. The summed E-state index contributed by atoms with van der Waals surface area (Å²) < 4.78 is 6.27. The van der Waals surface area contributed by atoms with Crippen molar-refractivity contribution in [3.05, 3.63) is 65.1 Å². The summed E-state index contributed by atoms with van der Waals surface area (Å²) in [6.45, 7) is 5.31. The van der Waals surface area contributed by atoms with Crippen LogP contribution in [0.3, 0.4) is 0 Å². The molecule has 2 N–H and O–H groups in total. The summed E-state index contributed by atoms with van der Waals surface area (Å²) in [5.74, 6) is 0.884. The third kappa shape index (κ3) is 12.5. The van der Waals surface area contributed by atoms with E-state index in [9.17, 15) is 0 Å². The summed E-state index contributed by atoms with van der Waals surface area (Å²) in [5.41, 5.74) is 5.30. The molecule has 1 aliphatic heterocycles. The molecule has 2 aromatic rings. The molecule has 3 heterocycles. The average molecular weight is 534 g/mol. The van der Waals surface area contributed by atoms with Gasteiger partial charge in [-0.05, 0) is 49.6 Å². The quantitative estimate of drug-likeness (QED) is 0.137. The van der Waals surface area contributed by atoms with Crippen LogP contribution in [0.25, 0.3) is 6.08 Å². The predicted molar refractivity (Wildman–Crippen MR) is 168 cm³/mol. The van der Waals surface area contributed by atoms with Gasteiger partial charge in [0.2, 0.25) is 0 Å². The number of H-pyrrole nitrogens is 2. The van der Waals surface area contributed by atoms with E-state index in [-0.39, 0.29) is 0 Å². The maximum absolute atomic E-state index is 6.27. The van der Waals surface area contributed by atoms with Crippen molar-refractivity contribution < 1.29 is 4.74 Å². The molecule has 0 amide bonds. The largest absolute Gasteiger partial charge is 0.491 e. The van der Waals surface area contributed by atoms with E-state index in [1.807, 2.05) is 12.3 Å². The van der Waals surface area contributed by atoms with Crippen LogP contribution in [0.2, 0.25) is 0 Å². The van der Waals surface area contributed by atoms with Crippen LogP contribution in [0, 0.1) is 0 Å². The van der Waals surface area contributed by atoms with Gasteiger partial charge in [0, 0.05) is 23.7 Å². The van der Waals surface area contributed by atoms with Crippen LogP contribution in [0.4, 0.5) is 0 Å². The number of unbranched alkanes of at least 4 members (excludes halogenated alkanes) is 16. The minimum absolute atomic E-state index is 0.751. The molecule has 0 bridgehead atoms.